The molecule has 1 fully saturated rings. The fourth-order valence-electron chi connectivity index (χ4n) is 3.11. The first kappa shape index (κ1) is 16.2. The number of aliphatic hydroxyl groups excluding tert-OH is 1. The average molecular weight is 334 g/mol. The number of aromatic nitrogens is 1. The van der Waals surface area contributed by atoms with E-state index in [2.05, 4.69) is 10.3 Å². The van der Waals surface area contributed by atoms with Crippen molar-refractivity contribution in [1.82, 2.24) is 10.3 Å². The van der Waals surface area contributed by atoms with Crippen molar-refractivity contribution in [2.45, 2.75) is 45.6 Å². The van der Waals surface area contributed by atoms with Gasteiger partial charge in [0.1, 0.15) is 10.6 Å². The fraction of sp³-hybridized carbons (Fsp3) is 0.529. The first-order valence-electron chi connectivity index (χ1n) is 8.04. The summed E-state index contributed by atoms with van der Waals surface area (Å²) in [5.41, 5.74) is 0.716. The van der Waals surface area contributed by atoms with Gasteiger partial charge in [-0.05, 0) is 38.8 Å². The number of furan rings is 1. The van der Waals surface area contributed by atoms with Crippen molar-refractivity contribution in [3.05, 3.63) is 28.5 Å². The smallest absolute Gasteiger partial charge is 0.263 e. The number of nitrogens with one attached hydrogen (secondary N) is 1. The van der Waals surface area contributed by atoms with E-state index in [0.717, 1.165) is 36.5 Å². The maximum Gasteiger partial charge on any atom is 0.263 e. The van der Waals surface area contributed by atoms with Crippen LogP contribution in [0.4, 0.5) is 0 Å². The maximum absolute atomic E-state index is 12.6. The molecule has 0 spiro atoms. The third-order valence-electron chi connectivity index (χ3n) is 4.41. The Balaban J connectivity index is 1.76. The van der Waals surface area contributed by atoms with E-state index in [0.29, 0.717) is 16.3 Å². The van der Waals surface area contributed by atoms with Crippen molar-refractivity contribution in [3.8, 4) is 10.8 Å². The van der Waals surface area contributed by atoms with Gasteiger partial charge in [0.05, 0.1) is 5.69 Å². The molecule has 2 unspecified atom stereocenters. The van der Waals surface area contributed by atoms with E-state index in [1.54, 1.807) is 0 Å². The monoisotopic (exact) mass is 334 g/mol. The van der Waals surface area contributed by atoms with Crippen LogP contribution < -0.4 is 5.32 Å². The van der Waals surface area contributed by atoms with Gasteiger partial charge < -0.3 is 14.8 Å². The molecule has 2 heterocycles. The zero-order valence-corrected chi connectivity index (χ0v) is 14.3. The summed E-state index contributed by atoms with van der Waals surface area (Å²) in [7, 11) is 0. The molecule has 2 atom stereocenters. The molecule has 0 bridgehead atoms. The Hall–Kier alpha value is -1.66. The standard InChI is InChI=1S/C17H22N2O3S/c1-10-7-8-14(22-10)17-18-11(2)15(23-17)16(21)19-13-6-4-3-5-12(13)9-20/h7-8,12-13,20H,3-6,9H2,1-2H3,(H,19,21). The number of aliphatic hydroxyl groups is 1. The summed E-state index contributed by atoms with van der Waals surface area (Å²) in [4.78, 5) is 17.7. The first-order chi connectivity index (χ1) is 11.1. The molecule has 0 radical (unpaired) electrons. The Morgan fingerprint density at radius 3 is 2.87 bits per heavy atom. The lowest BCUT2D eigenvalue weighted by Crippen LogP contribution is -2.43. The van der Waals surface area contributed by atoms with E-state index in [4.69, 9.17) is 4.42 Å². The summed E-state index contributed by atoms with van der Waals surface area (Å²) >= 11 is 1.35. The summed E-state index contributed by atoms with van der Waals surface area (Å²) in [6.07, 6.45) is 4.12. The maximum atomic E-state index is 12.6. The van der Waals surface area contributed by atoms with Gasteiger partial charge in [0.2, 0.25) is 0 Å². The zero-order chi connectivity index (χ0) is 16.4. The van der Waals surface area contributed by atoms with Gasteiger partial charge in [-0.25, -0.2) is 4.98 Å². The van der Waals surface area contributed by atoms with E-state index in [9.17, 15) is 9.90 Å². The second-order valence-corrected chi connectivity index (χ2v) is 7.15. The highest BCUT2D eigenvalue weighted by Crippen LogP contribution is 2.30. The number of hydrogen-bond acceptors (Lipinski definition) is 5. The Bertz CT molecular complexity index is 692. The molecule has 0 aromatic carbocycles. The molecule has 2 aromatic rings. The SMILES string of the molecule is Cc1ccc(-c2nc(C)c(C(=O)NC3CCCCC3CO)s2)o1. The largest absolute Gasteiger partial charge is 0.459 e. The summed E-state index contributed by atoms with van der Waals surface area (Å²) < 4.78 is 5.59. The summed E-state index contributed by atoms with van der Waals surface area (Å²) in [6.45, 7) is 3.86. The molecule has 6 heteroatoms. The van der Waals surface area contributed by atoms with Crippen molar-refractivity contribution >= 4 is 17.2 Å². The van der Waals surface area contributed by atoms with Crippen LogP contribution in [-0.2, 0) is 0 Å². The van der Waals surface area contributed by atoms with E-state index in [1.165, 1.54) is 11.3 Å². The molecule has 1 aliphatic rings. The van der Waals surface area contributed by atoms with Crippen LogP contribution in [0.3, 0.4) is 0 Å². The van der Waals surface area contributed by atoms with Gasteiger partial charge in [-0.3, -0.25) is 4.79 Å². The third-order valence-corrected chi connectivity index (χ3v) is 5.58. The number of carbonyl (C=O) groups excluding carboxylic acids is 1. The predicted octanol–water partition coefficient (Wildman–Crippen LogP) is 3.30. The molecule has 124 valence electrons. The van der Waals surface area contributed by atoms with E-state index < -0.39 is 0 Å². The minimum atomic E-state index is -0.0973. The Morgan fingerprint density at radius 1 is 1.39 bits per heavy atom. The number of carbonyl (C=O) groups is 1. The van der Waals surface area contributed by atoms with Crippen molar-refractivity contribution < 1.29 is 14.3 Å². The third kappa shape index (κ3) is 3.48. The molecule has 0 saturated heterocycles. The van der Waals surface area contributed by atoms with E-state index in [1.807, 2.05) is 26.0 Å². The van der Waals surface area contributed by atoms with Crippen molar-refractivity contribution in [2.24, 2.45) is 5.92 Å². The van der Waals surface area contributed by atoms with Crippen molar-refractivity contribution in [3.63, 3.8) is 0 Å². The number of aryl methyl sites for hydroxylation is 2. The van der Waals surface area contributed by atoms with Gasteiger partial charge in [-0.15, -0.1) is 11.3 Å². The average Bonchev–Trinajstić information content (AvgIpc) is 3.13. The van der Waals surface area contributed by atoms with Gasteiger partial charge in [-0.1, -0.05) is 12.8 Å². The summed E-state index contributed by atoms with van der Waals surface area (Å²) in [5.74, 6) is 1.58. The van der Waals surface area contributed by atoms with Crippen LogP contribution in [0.25, 0.3) is 10.8 Å². The Kier molecular flexibility index (Phi) is 4.82. The molecule has 2 aromatic heterocycles. The molecule has 0 aliphatic heterocycles. The van der Waals surface area contributed by atoms with Crippen LogP contribution in [0.5, 0.6) is 0 Å². The molecule has 1 aliphatic carbocycles. The number of rotatable bonds is 4. The van der Waals surface area contributed by atoms with Crippen molar-refractivity contribution in [1.29, 1.82) is 0 Å². The lowest BCUT2D eigenvalue weighted by Gasteiger charge is -2.30. The minimum absolute atomic E-state index is 0.0528. The highest BCUT2D eigenvalue weighted by atomic mass is 32.1. The van der Waals surface area contributed by atoms with Crippen LogP contribution in [-0.4, -0.2) is 28.6 Å². The molecule has 1 saturated carbocycles. The molecule has 5 nitrogen and oxygen atoms in total. The van der Waals surface area contributed by atoms with Gasteiger partial charge >= 0.3 is 0 Å². The lowest BCUT2D eigenvalue weighted by atomic mass is 9.85. The Labute approximate surface area is 139 Å². The molecule has 1 amide bonds. The van der Waals surface area contributed by atoms with Crippen molar-refractivity contribution in [2.75, 3.05) is 6.61 Å². The summed E-state index contributed by atoms with van der Waals surface area (Å²) in [6, 6.07) is 3.81. The number of amides is 1. The van der Waals surface area contributed by atoms with Crippen LogP contribution in [0, 0.1) is 19.8 Å². The molecule has 23 heavy (non-hydrogen) atoms. The van der Waals surface area contributed by atoms with Gasteiger partial charge in [0, 0.05) is 18.6 Å². The van der Waals surface area contributed by atoms with Crippen LogP contribution >= 0.6 is 11.3 Å². The molecular formula is C17H22N2O3S. The van der Waals surface area contributed by atoms with Gasteiger partial charge in [-0.2, -0.15) is 0 Å². The van der Waals surface area contributed by atoms with E-state index >= 15 is 0 Å². The van der Waals surface area contributed by atoms with Gasteiger partial charge in [0.15, 0.2) is 10.8 Å². The van der Waals surface area contributed by atoms with Crippen LogP contribution in [0.1, 0.15) is 46.8 Å². The quantitative estimate of drug-likeness (QED) is 0.899. The lowest BCUT2D eigenvalue weighted by molar-refractivity contribution is 0.0876. The first-order valence-corrected chi connectivity index (χ1v) is 8.86. The number of nitrogens with zero attached hydrogens (tertiary/aromatic N) is 1. The zero-order valence-electron chi connectivity index (χ0n) is 13.5. The second-order valence-electron chi connectivity index (χ2n) is 6.15. The highest BCUT2D eigenvalue weighted by Gasteiger charge is 2.27. The van der Waals surface area contributed by atoms with Crippen LogP contribution in [0.15, 0.2) is 16.5 Å². The number of hydrogen-bond donors (Lipinski definition) is 2. The second kappa shape index (κ2) is 6.84. The summed E-state index contributed by atoms with van der Waals surface area (Å²) in [5, 5.41) is 13.3. The Morgan fingerprint density at radius 2 is 2.17 bits per heavy atom. The predicted molar refractivity (Wildman–Crippen MR) is 89.6 cm³/mol. The molecule has 3 rings (SSSR count). The minimum Gasteiger partial charge on any atom is -0.459 e. The van der Waals surface area contributed by atoms with E-state index in [-0.39, 0.29) is 24.5 Å². The van der Waals surface area contributed by atoms with Crippen LogP contribution in [0.2, 0.25) is 0 Å². The molecule has 2 N–H and O–H groups in total. The normalized spacial score (nSPS) is 21.3. The topological polar surface area (TPSA) is 75.4 Å². The molecular weight excluding hydrogens is 312 g/mol. The van der Waals surface area contributed by atoms with Gasteiger partial charge in [0.25, 0.3) is 5.91 Å². The highest BCUT2D eigenvalue weighted by molar-refractivity contribution is 7.17. The number of thiazole rings is 1. The fourth-order valence-corrected chi connectivity index (χ4v) is 4.04.